The summed E-state index contributed by atoms with van der Waals surface area (Å²) in [5, 5.41) is 13.6. The summed E-state index contributed by atoms with van der Waals surface area (Å²) in [6.45, 7) is 9.29. The molecule has 1 unspecified atom stereocenters. The predicted molar refractivity (Wildman–Crippen MR) is 74.1 cm³/mol. The lowest BCUT2D eigenvalue weighted by Crippen LogP contribution is -2.42. The Morgan fingerprint density at radius 2 is 1.65 bits per heavy atom. The Morgan fingerprint density at radius 1 is 1.12 bits per heavy atom. The third-order valence-electron chi connectivity index (χ3n) is 4.24. The fraction of sp³-hybridized carbons (Fsp3) is 1.00. The average Bonchev–Trinajstić information content (AvgIpc) is 2.52. The van der Waals surface area contributed by atoms with E-state index in [1.165, 1.54) is 38.5 Å². The van der Waals surface area contributed by atoms with Gasteiger partial charge >= 0.3 is 0 Å². The molecule has 0 aromatic heterocycles. The minimum absolute atomic E-state index is 0.0177. The molecule has 1 aliphatic rings. The van der Waals surface area contributed by atoms with Gasteiger partial charge in [-0.3, -0.25) is 0 Å². The summed E-state index contributed by atoms with van der Waals surface area (Å²) in [6.07, 6.45) is 8.06. The fourth-order valence-corrected chi connectivity index (χ4v) is 2.58. The average molecular weight is 241 g/mol. The molecule has 0 saturated heterocycles. The molecule has 1 saturated carbocycles. The van der Waals surface area contributed by atoms with E-state index < -0.39 is 0 Å². The van der Waals surface area contributed by atoms with Crippen molar-refractivity contribution in [2.75, 3.05) is 6.54 Å². The largest absolute Gasteiger partial charge is 0.391 e. The molecule has 0 amide bonds. The van der Waals surface area contributed by atoms with Crippen LogP contribution in [0, 0.1) is 11.3 Å². The van der Waals surface area contributed by atoms with Crippen LogP contribution in [0.3, 0.4) is 0 Å². The molecular formula is C15H31NO. The van der Waals surface area contributed by atoms with Gasteiger partial charge in [0.05, 0.1) is 6.10 Å². The zero-order valence-corrected chi connectivity index (χ0v) is 12.1. The van der Waals surface area contributed by atoms with Crippen LogP contribution in [-0.4, -0.2) is 23.8 Å². The molecule has 17 heavy (non-hydrogen) atoms. The number of hydrogen-bond acceptors (Lipinski definition) is 2. The highest BCUT2D eigenvalue weighted by Gasteiger charge is 2.24. The molecule has 2 nitrogen and oxygen atoms in total. The summed E-state index contributed by atoms with van der Waals surface area (Å²) in [5.74, 6) is 0.810. The molecule has 0 aromatic rings. The standard InChI is InChI=1S/C15H31NO/c1-12(13-9-7-5-6-8-10-13)16-11-14(17)15(2,3)4/h12-14,16-17H,5-11H2,1-4H3/t12-,14?/m1/s1. The summed E-state index contributed by atoms with van der Waals surface area (Å²) in [5.41, 5.74) is -0.0177. The van der Waals surface area contributed by atoms with E-state index in [-0.39, 0.29) is 11.5 Å². The second-order valence-corrected chi connectivity index (χ2v) is 6.83. The van der Waals surface area contributed by atoms with Crippen molar-refractivity contribution in [1.82, 2.24) is 5.32 Å². The van der Waals surface area contributed by atoms with Crippen LogP contribution in [0.25, 0.3) is 0 Å². The Kier molecular flexibility index (Phi) is 5.94. The molecule has 102 valence electrons. The second kappa shape index (κ2) is 6.75. The van der Waals surface area contributed by atoms with Gasteiger partial charge in [-0.05, 0) is 31.1 Å². The zero-order chi connectivity index (χ0) is 12.9. The third kappa shape index (κ3) is 5.39. The van der Waals surface area contributed by atoms with Gasteiger partial charge in [0, 0.05) is 12.6 Å². The highest BCUT2D eigenvalue weighted by molar-refractivity contribution is 4.79. The topological polar surface area (TPSA) is 32.3 Å². The SMILES string of the molecule is C[C@@H](NCC(O)C(C)(C)C)C1CCCCCC1. The summed E-state index contributed by atoms with van der Waals surface area (Å²) in [7, 11) is 0. The van der Waals surface area contributed by atoms with Gasteiger partial charge in [0.1, 0.15) is 0 Å². The lowest BCUT2D eigenvalue weighted by Gasteiger charge is -2.30. The Morgan fingerprint density at radius 3 is 2.12 bits per heavy atom. The highest BCUT2D eigenvalue weighted by atomic mass is 16.3. The Balaban J connectivity index is 2.30. The molecule has 2 N–H and O–H groups in total. The third-order valence-corrected chi connectivity index (χ3v) is 4.24. The van der Waals surface area contributed by atoms with E-state index in [9.17, 15) is 5.11 Å². The van der Waals surface area contributed by atoms with Crippen molar-refractivity contribution in [2.24, 2.45) is 11.3 Å². The Labute approximate surface area is 107 Å². The van der Waals surface area contributed by atoms with Gasteiger partial charge in [-0.1, -0.05) is 46.5 Å². The first kappa shape index (κ1) is 15.0. The summed E-state index contributed by atoms with van der Waals surface area (Å²) in [4.78, 5) is 0. The van der Waals surface area contributed by atoms with Crippen molar-refractivity contribution < 1.29 is 5.11 Å². The van der Waals surface area contributed by atoms with Gasteiger partial charge < -0.3 is 10.4 Å². The summed E-state index contributed by atoms with van der Waals surface area (Å²) >= 11 is 0. The molecule has 0 aromatic carbocycles. The molecule has 1 aliphatic carbocycles. The number of hydrogen-bond donors (Lipinski definition) is 2. The first-order valence-corrected chi connectivity index (χ1v) is 7.32. The molecule has 0 heterocycles. The monoisotopic (exact) mass is 241 g/mol. The Bertz CT molecular complexity index is 201. The van der Waals surface area contributed by atoms with Crippen molar-refractivity contribution in [3.63, 3.8) is 0 Å². The predicted octanol–water partition coefficient (Wildman–Crippen LogP) is 3.34. The molecule has 2 heteroatoms. The van der Waals surface area contributed by atoms with Gasteiger partial charge in [0.25, 0.3) is 0 Å². The molecule has 0 radical (unpaired) electrons. The number of aliphatic hydroxyl groups excluding tert-OH is 1. The highest BCUT2D eigenvalue weighted by Crippen LogP contribution is 2.26. The van der Waals surface area contributed by atoms with Crippen LogP contribution in [-0.2, 0) is 0 Å². The van der Waals surface area contributed by atoms with Crippen molar-refractivity contribution in [3.05, 3.63) is 0 Å². The van der Waals surface area contributed by atoms with Crippen LogP contribution in [0.2, 0.25) is 0 Å². The molecule has 1 fully saturated rings. The van der Waals surface area contributed by atoms with E-state index >= 15 is 0 Å². The minimum Gasteiger partial charge on any atom is -0.391 e. The lowest BCUT2D eigenvalue weighted by atomic mass is 9.88. The summed E-state index contributed by atoms with van der Waals surface area (Å²) in [6, 6.07) is 0.546. The molecule has 0 bridgehead atoms. The molecule has 0 spiro atoms. The summed E-state index contributed by atoms with van der Waals surface area (Å²) < 4.78 is 0. The van der Waals surface area contributed by atoms with Crippen LogP contribution < -0.4 is 5.32 Å². The maximum atomic E-state index is 10.0. The van der Waals surface area contributed by atoms with Crippen molar-refractivity contribution in [1.29, 1.82) is 0 Å². The maximum absolute atomic E-state index is 10.0. The number of rotatable bonds is 4. The van der Waals surface area contributed by atoms with Crippen molar-refractivity contribution in [3.8, 4) is 0 Å². The quantitative estimate of drug-likeness (QED) is 0.740. The van der Waals surface area contributed by atoms with Gasteiger partial charge in [0.2, 0.25) is 0 Å². The van der Waals surface area contributed by atoms with E-state index in [2.05, 4.69) is 33.0 Å². The van der Waals surface area contributed by atoms with Gasteiger partial charge in [-0.25, -0.2) is 0 Å². The van der Waals surface area contributed by atoms with E-state index in [0.717, 1.165) is 12.5 Å². The minimum atomic E-state index is -0.254. The smallest absolute Gasteiger partial charge is 0.0712 e. The maximum Gasteiger partial charge on any atom is 0.0712 e. The first-order chi connectivity index (χ1) is 7.91. The van der Waals surface area contributed by atoms with E-state index in [1.54, 1.807) is 0 Å². The van der Waals surface area contributed by atoms with E-state index in [0.29, 0.717) is 6.04 Å². The molecule has 1 rings (SSSR count). The van der Waals surface area contributed by atoms with Crippen LogP contribution in [0.15, 0.2) is 0 Å². The Hall–Kier alpha value is -0.0800. The number of nitrogens with one attached hydrogen (secondary N) is 1. The number of aliphatic hydroxyl groups is 1. The normalized spacial score (nSPS) is 23.1. The van der Waals surface area contributed by atoms with E-state index in [4.69, 9.17) is 0 Å². The van der Waals surface area contributed by atoms with Gasteiger partial charge in [-0.15, -0.1) is 0 Å². The lowest BCUT2D eigenvalue weighted by molar-refractivity contribution is 0.0586. The van der Waals surface area contributed by atoms with Crippen molar-refractivity contribution >= 4 is 0 Å². The van der Waals surface area contributed by atoms with Gasteiger partial charge in [-0.2, -0.15) is 0 Å². The molecule has 2 atom stereocenters. The van der Waals surface area contributed by atoms with Crippen molar-refractivity contribution in [2.45, 2.75) is 78.4 Å². The zero-order valence-electron chi connectivity index (χ0n) is 12.1. The van der Waals surface area contributed by atoms with E-state index in [1.807, 2.05) is 0 Å². The van der Waals surface area contributed by atoms with Crippen LogP contribution >= 0.6 is 0 Å². The fourth-order valence-electron chi connectivity index (χ4n) is 2.58. The van der Waals surface area contributed by atoms with Crippen LogP contribution in [0.5, 0.6) is 0 Å². The van der Waals surface area contributed by atoms with Crippen LogP contribution in [0.4, 0.5) is 0 Å². The first-order valence-electron chi connectivity index (χ1n) is 7.32. The van der Waals surface area contributed by atoms with Gasteiger partial charge in [0.15, 0.2) is 0 Å². The second-order valence-electron chi connectivity index (χ2n) is 6.83. The van der Waals surface area contributed by atoms with Crippen LogP contribution in [0.1, 0.15) is 66.2 Å². The molecular weight excluding hydrogens is 210 g/mol. The molecule has 0 aliphatic heterocycles.